The maximum atomic E-state index is 13.9. The van der Waals surface area contributed by atoms with Gasteiger partial charge in [-0.1, -0.05) is 121 Å². The Bertz CT molecular complexity index is 10900. The normalized spacial score (nSPS) is 33.2. The number of hydrogen-bond donors (Lipinski definition) is 5. The number of aromatic nitrogens is 5. The van der Waals surface area contributed by atoms with Crippen LogP contribution in [0.5, 0.6) is 57.5 Å². The Morgan fingerprint density at radius 1 is 0.297 bits per heavy atom. The van der Waals surface area contributed by atoms with Crippen molar-refractivity contribution in [3.63, 3.8) is 0 Å². The number of aromatic amines is 5. The van der Waals surface area contributed by atoms with Crippen molar-refractivity contribution in [1.29, 1.82) is 0 Å². The van der Waals surface area contributed by atoms with E-state index in [1.54, 1.807) is 66.7 Å². The summed E-state index contributed by atoms with van der Waals surface area (Å²) in [5, 5.41) is 1.50. The van der Waals surface area contributed by atoms with Crippen LogP contribution in [0.25, 0.3) is 54.5 Å². The van der Waals surface area contributed by atoms with Crippen LogP contribution in [0, 0.1) is 0 Å². The van der Waals surface area contributed by atoms with Gasteiger partial charge in [-0.05, 0) is 146 Å². The van der Waals surface area contributed by atoms with E-state index in [1.807, 2.05) is 24.3 Å². The summed E-state index contributed by atoms with van der Waals surface area (Å²) in [4.78, 5) is 155. The van der Waals surface area contributed by atoms with Crippen molar-refractivity contribution in [1.82, 2.24) is 73.9 Å². The number of fused-ring (bicyclic) bond motifs is 25. The van der Waals surface area contributed by atoms with Gasteiger partial charge in [0.15, 0.2) is 57.5 Å². The lowest BCUT2D eigenvalue weighted by atomic mass is 9.86. The van der Waals surface area contributed by atoms with Crippen LogP contribution in [0.3, 0.4) is 0 Å². The third-order valence-corrected chi connectivity index (χ3v) is 26.3. The highest BCUT2D eigenvalue weighted by atomic mass is 16.7. The minimum absolute atomic E-state index is 0.00509. The molecule has 5 saturated heterocycles. The molecule has 0 radical (unpaired) electrons. The number of carbonyl (C=O) groups excluding carboxylic acids is 10. The number of para-hydroxylation sites is 5. The van der Waals surface area contributed by atoms with Crippen molar-refractivity contribution in [3.05, 3.63) is 296 Å². The van der Waals surface area contributed by atoms with Gasteiger partial charge in [0.05, 0.1) is 109 Å². The molecule has 30 rings (SSSR count). The lowest BCUT2D eigenvalue weighted by Gasteiger charge is -2.46. The Balaban J connectivity index is 0.000000115. The first-order valence-electron chi connectivity index (χ1n) is 69.0. The van der Waals surface area contributed by atoms with E-state index in [-0.39, 0.29) is 132 Å². The van der Waals surface area contributed by atoms with Gasteiger partial charge in [-0.3, -0.25) is 47.9 Å². The molecule has 0 spiro atoms. The van der Waals surface area contributed by atoms with Crippen LogP contribution in [0.1, 0.15) is 183 Å². The summed E-state index contributed by atoms with van der Waals surface area (Å²) in [6.07, 6.45) is -1.80. The first kappa shape index (κ1) is 49.8. The van der Waals surface area contributed by atoms with Gasteiger partial charge in [0.1, 0.15) is 35.7 Å². The molecular weight excluding hydrogens is 1850 g/mol. The molecule has 5 aromatic heterocycles. The summed E-state index contributed by atoms with van der Waals surface area (Å²) in [5.74, 6) is -15.5. The number of rotatable bonds is 5. The fraction of sp³-hybridized carbons (Fsp3) is 0.273. The molecule has 0 bridgehead atoms. The predicted molar refractivity (Wildman–Crippen MR) is 523 cm³/mol. The molecule has 35 heteroatoms. The highest BCUT2D eigenvalue weighted by Crippen LogP contribution is 2.53. The van der Waals surface area contributed by atoms with Gasteiger partial charge < -0.3 is 121 Å². The van der Waals surface area contributed by atoms with Crippen molar-refractivity contribution < 1.29 is 164 Å². The van der Waals surface area contributed by atoms with Gasteiger partial charge in [0, 0.05) is 166 Å². The van der Waals surface area contributed by atoms with Crippen LogP contribution in [0.2, 0.25) is 0 Å². The lowest BCUT2D eigenvalue weighted by Crippen LogP contribution is -2.62. The van der Waals surface area contributed by atoms with Crippen molar-refractivity contribution in [2.75, 3.05) is 101 Å². The Morgan fingerprint density at radius 2 is 0.607 bits per heavy atom. The van der Waals surface area contributed by atoms with Crippen LogP contribution < -0.4 is 47.4 Å². The third kappa shape index (κ3) is 14.2. The molecule has 10 atom stereocenters. The maximum absolute atomic E-state index is 13.9. The van der Waals surface area contributed by atoms with E-state index in [2.05, 4.69) is 24.9 Å². The number of ether oxygens (including phenoxy) is 10. The largest absolute Gasteiger partial charge is 0.454 e. The highest BCUT2D eigenvalue weighted by Gasteiger charge is 2.55. The van der Waals surface area contributed by atoms with E-state index < -0.39 is 378 Å². The second-order valence-electron chi connectivity index (χ2n) is 34.1. The highest BCUT2D eigenvalue weighted by molar-refractivity contribution is 6.03. The molecule has 5 N–H and O–H groups in total. The molecule has 35 nitrogen and oxygen atoms in total. The fourth-order valence-electron chi connectivity index (χ4n) is 19.9. The number of nitrogens with zero attached hydrogens (tertiary/aromatic N) is 10. The first-order valence-corrected chi connectivity index (χ1v) is 44.0. The number of nitrogens with one attached hydrogen (secondary N) is 5. The number of benzene rings is 10. The molecule has 15 aromatic rings. The van der Waals surface area contributed by atoms with Crippen LogP contribution in [-0.2, 0) is 80.0 Å². The quantitative estimate of drug-likeness (QED) is 0.107. The molecule has 0 saturated carbocycles. The van der Waals surface area contributed by atoms with Crippen molar-refractivity contribution in [2.24, 2.45) is 0 Å². The summed E-state index contributed by atoms with van der Waals surface area (Å²) >= 11 is 0. The lowest BCUT2D eigenvalue weighted by molar-refractivity contribution is -0.157. The van der Waals surface area contributed by atoms with E-state index in [9.17, 15) is 56.2 Å². The minimum atomic E-state index is -3.60. The summed E-state index contributed by atoms with van der Waals surface area (Å²) in [6.45, 7) is -34.1. The number of piperazine rings is 5. The molecule has 730 valence electrons. The number of carbonyl (C=O) groups is 10. The molecule has 5 fully saturated rings. The molecule has 10 aromatic carbocycles. The zero-order valence-corrected chi connectivity index (χ0v) is 74.0. The van der Waals surface area contributed by atoms with Gasteiger partial charge in [0.2, 0.25) is 92.9 Å². The Labute approximate surface area is 897 Å². The summed E-state index contributed by atoms with van der Waals surface area (Å²) in [7, 11) is 1.52. The third-order valence-electron chi connectivity index (χ3n) is 26.3. The molecule has 20 heterocycles. The number of H-pyrrole nitrogens is 5. The fourth-order valence-corrected chi connectivity index (χ4v) is 19.9. The average molecular weight is 2000 g/mol. The van der Waals surface area contributed by atoms with Gasteiger partial charge >= 0.3 is 0 Å². The molecule has 15 aliphatic heterocycles. The van der Waals surface area contributed by atoms with Crippen LogP contribution in [0.4, 0.5) is 0 Å². The zero-order chi connectivity index (χ0) is 142. The van der Waals surface area contributed by atoms with Gasteiger partial charge in [-0.15, -0.1) is 0 Å². The van der Waals surface area contributed by atoms with Crippen LogP contribution in [0.15, 0.2) is 212 Å². The monoisotopic (exact) mass is 2000 g/mol. The average Bonchev–Trinajstić information content (AvgIpc) is 1.41. The molecular formula is C110H95N15O20. The van der Waals surface area contributed by atoms with Gasteiger partial charge in [-0.25, -0.2) is 0 Å². The van der Waals surface area contributed by atoms with E-state index in [0.29, 0.717) is 80.9 Å². The van der Waals surface area contributed by atoms with Crippen molar-refractivity contribution in [2.45, 2.75) is 92.4 Å². The SMILES string of the molecule is [2H][C@@]1(c2ccc3c(c2)OCO3)c2[nH]c3ccccc3c2C[C@]2([2H])C(=O)N(C)CC(=O)N12.[2H]c1c([2H])c([C@]2([2H])c3[nH]c4c([2H])c([2H])c([2H])c([2H])c4c3C[C@@H]3C(=O)N(C([2H])([2H])[2H])C([2H])([2H])C(=O)N32)c([2H])c2c1OC([2H])([2H])O2.[2H]c1c([2H])c([C@]2([2H])c3[nH]c4c([2H])c([2H])c([2H])c([2H])c4c3C[C@@H]3C(=O)N(C([2H])([2H])[2H])C([2H])([2H])C(=O)N32)c([2H])c2c1OCO2.[2H]c1c([2H])c([C@]2([2H])c3[nH]c4ccccc4c3C[C@@H]3C(=O)N(C([2H])([2H])[2H])C([2H])([2H])C(=O)N32)c([2H])c2c1OC([2H])([2H])O2.[2H]c1c([2H])c([C@]2([2H])c3[nH]c4ccccc4c3C[C@@H]3C(=O)N(C([2H])([2H])[2H])C([2H])([2H])C(=O)N32)c([2H])c2c1OCO2. The second kappa shape index (κ2) is 33.9. The maximum Gasteiger partial charge on any atom is 0.245 e. The van der Waals surface area contributed by atoms with E-state index in [0.717, 1.165) is 15.8 Å². The number of likely N-dealkylation sites (N-methyl/N-ethyl adjacent to an activating group) is 5. The Kier molecular flexibility index (Phi) is 11.7. The summed E-state index contributed by atoms with van der Waals surface area (Å²) in [5.41, 5.74) is -0.598. The van der Waals surface area contributed by atoms with Crippen LogP contribution in [-0.4, -0.2) is 265 Å². The van der Waals surface area contributed by atoms with Crippen LogP contribution >= 0.6 is 0 Å². The second-order valence-corrected chi connectivity index (χ2v) is 34.1. The minimum Gasteiger partial charge on any atom is -0.454 e. The number of hydrogen-bond acceptors (Lipinski definition) is 20. The van der Waals surface area contributed by atoms with E-state index in [4.69, 9.17) is 108 Å². The Morgan fingerprint density at radius 3 is 0.993 bits per heavy atom. The van der Waals surface area contributed by atoms with Crippen molar-refractivity contribution in [3.8, 4) is 57.5 Å². The molecule has 0 aliphatic carbocycles. The smallest absolute Gasteiger partial charge is 0.245 e. The van der Waals surface area contributed by atoms with Gasteiger partial charge in [-0.2, -0.15) is 0 Å². The molecule has 0 unspecified atom stereocenters. The predicted octanol–water partition coefficient (Wildman–Crippen LogP) is 11.1. The summed E-state index contributed by atoms with van der Waals surface area (Å²) < 4.78 is 471. The standard InChI is InChI=1S/5C22H19N3O4/c5*1-24-10-19(26)25-16(22(24)27)9-14-13-4-2-3-5-15(13)23-20(14)21(25)12-6-7-17-18(8-12)29-11-28-17/h5*2-8,16,21,23H,9-11H2,1H3/t5*16-,21-/m11111/s1/i1D3,2D,3D,4D,5D,6D,7D,8D,10D2,11D2,21D;1D3,2D,3D,4D,5D,6D,7D,8D,10D2,21D;1D3,6D,7D,8D,10D2,11D2,21D;1D3,6D,7D,8D,10D2,21D;16D,21D. The molecule has 15 aliphatic rings. The first-order chi connectivity index (χ1) is 90.4. The topological polar surface area (TPSA) is 374 Å². The Hall–Kier alpha value is -17.4. The van der Waals surface area contributed by atoms with E-state index in [1.165, 1.54) is 11.9 Å². The van der Waals surface area contributed by atoms with E-state index >= 15 is 0 Å². The molecule has 10 amide bonds. The zero-order valence-electron chi connectivity index (χ0n) is 124. The van der Waals surface area contributed by atoms with Gasteiger partial charge in [0.25, 0.3) is 0 Å². The van der Waals surface area contributed by atoms with Crippen molar-refractivity contribution >= 4 is 114 Å². The summed E-state index contributed by atoms with van der Waals surface area (Å²) in [6, 6.07) is -10.5. The molecule has 145 heavy (non-hydrogen) atoms. The number of amides is 10.